The number of aromatic nitrogens is 4. The van der Waals surface area contributed by atoms with E-state index in [1.54, 1.807) is 0 Å². The molecule has 0 radical (unpaired) electrons. The van der Waals surface area contributed by atoms with E-state index in [2.05, 4.69) is 15.2 Å². The molecule has 0 bridgehead atoms. The van der Waals surface area contributed by atoms with Crippen LogP contribution < -0.4 is 5.56 Å². The van der Waals surface area contributed by atoms with E-state index in [0.29, 0.717) is 11.7 Å². The van der Waals surface area contributed by atoms with E-state index >= 15 is 0 Å². The van der Waals surface area contributed by atoms with Gasteiger partial charge in [0.05, 0.1) is 11.2 Å². The topological polar surface area (TPSA) is 73.8 Å². The van der Waals surface area contributed by atoms with Crippen LogP contribution in [0.1, 0.15) is 25.1 Å². The van der Waals surface area contributed by atoms with Gasteiger partial charge in [0.25, 0.3) is 5.56 Å². The Bertz CT molecular complexity index is 608. The van der Waals surface area contributed by atoms with Crippen LogP contribution in [-0.2, 0) is 13.0 Å². The van der Waals surface area contributed by atoms with Gasteiger partial charge in [-0.1, -0.05) is 35.3 Å². The van der Waals surface area contributed by atoms with E-state index in [-0.39, 0.29) is 16.6 Å². The van der Waals surface area contributed by atoms with Gasteiger partial charge in [0.2, 0.25) is 5.89 Å². The molecule has 96 valence electrons. The summed E-state index contributed by atoms with van der Waals surface area (Å²) in [6.45, 7) is 2.09. The summed E-state index contributed by atoms with van der Waals surface area (Å²) in [5.74, 6) is 0.923. The fraction of sp³-hybridized carbons (Fsp3) is 0.400. The van der Waals surface area contributed by atoms with Crippen LogP contribution in [0, 0.1) is 0 Å². The van der Waals surface area contributed by atoms with Gasteiger partial charge >= 0.3 is 0 Å². The van der Waals surface area contributed by atoms with E-state index in [4.69, 9.17) is 27.7 Å². The minimum Gasteiger partial charge on any atom is -0.337 e. The Morgan fingerprint density at radius 3 is 2.94 bits per heavy atom. The number of hydrogen-bond acceptors (Lipinski definition) is 5. The molecule has 0 amide bonds. The molecule has 8 heteroatoms. The molecule has 0 aromatic carbocycles. The number of hydrogen-bond donors (Lipinski definition) is 0. The van der Waals surface area contributed by atoms with E-state index < -0.39 is 5.56 Å². The minimum absolute atomic E-state index is 0.0695. The average molecular weight is 289 g/mol. The fourth-order valence-electron chi connectivity index (χ4n) is 1.37. The Labute approximate surface area is 113 Å². The van der Waals surface area contributed by atoms with E-state index in [0.717, 1.165) is 17.5 Å². The fourth-order valence-corrected chi connectivity index (χ4v) is 1.64. The molecule has 0 aliphatic heterocycles. The van der Waals surface area contributed by atoms with Crippen molar-refractivity contribution < 1.29 is 4.52 Å². The van der Waals surface area contributed by atoms with Gasteiger partial charge in [0, 0.05) is 6.42 Å². The molecule has 0 spiro atoms. The lowest BCUT2D eigenvalue weighted by molar-refractivity contribution is 0.358. The first-order chi connectivity index (χ1) is 8.61. The molecule has 0 N–H and O–H groups in total. The minimum atomic E-state index is -0.487. The molecule has 2 rings (SSSR count). The van der Waals surface area contributed by atoms with Crippen LogP contribution in [0.25, 0.3) is 0 Å². The van der Waals surface area contributed by atoms with Crippen molar-refractivity contribution in [2.75, 3.05) is 0 Å². The third-order valence-electron chi connectivity index (χ3n) is 2.21. The molecular weight excluding hydrogens is 279 g/mol. The van der Waals surface area contributed by atoms with Crippen molar-refractivity contribution in [1.29, 1.82) is 0 Å². The second-order valence-corrected chi connectivity index (χ2v) is 4.41. The third-order valence-corrected chi connectivity index (χ3v) is 2.96. The summed E-state index contributed by atoms with van der Waals surface area (Å²) in [6, 6.07) is 0. The van der Waals surface area contributed by atoms with Gasteiger partial charge < -0.3 is 4.52 Å². The summed E-state index contributed by atoms with van der Waals surface area (Å²) in [7, 11) is 0. The molecule has 0 atom stereocenters. The standard InChI is InChI=1S/C10H10Cl2N4O2/c1-2-3-7-14-8(18-15-7)5-16-10(17)9(12)6(11)4-13-16/h4H,2-3,5H2,1H3. The zero-order chi connectivity index (χ0) is 13.1. The van der Waals surface area contributed by atoms with Gasteiger partial charge in [-0.3, -0.25) is 4.79 Å². The first-order valence-corrected chi connectivity index (χ1v) is 6.10. The SMILES string of the molecule is CCCc1noc(Cn2ncc(Cl)c(Cl)c2=O)n1. The molecule has 6 nitrogen and oxygen atoms in total. The quantitative estimate of drug-likeness (QED) is 0.859. The molecule has 18 heavy (non-hydrogen) atoms. The summed E-state index contributed by atoms with van der Waals surface area (Å²) in [4.78, 5) is 15.9. The van der Waals surface area contributed by atoms with E-state index in [9.17, 15) is 4.79 Å². The molecule has 0 saturated heterocycles. The normalized spacial score (nSPS) is 10.8. The summed E-state index contributed by atoms with van der Waals surface area (Å²) in [5.41, 5.74) is -0.487. The molecule has 0 aliphatic carbocycles. The Hall–Kier alpha value is -1.40. The van der Waals surface area contributed by atoms with Gasteiger partial charge in [-0.15, -0.1) is 0 Å². The van der Waals surface area contributed by atoms with Gasteiger partial charge in [-0.25, -0.2) is 4.68 Å². The van der Waals surface area contributed by atoms with Gasteiger partial charge in [0.1, 0.15) is 11.6 Å². The number of nitrogens with zero attached hydrogens (tertiary/aromatic N) is 4. The van der Waals surface area contributed by atoms with Gasteiger partial charge in [-0.05, 0) is 6.42 Å². The summed E-state index contributed by atoms with van der Waals surface area (Å²) < 4.78 is 6.13. The van der Waals surface area contributed by atoms with E-state index in [1.165, 1.54) is 6.20 Å². The second kappa shape index (κ2) is 5.49. The predicted octanol–water partition coefficient (Wildman–Crippen LogP) is 1.93. The zero-order valence-corrected chi connectivity index (χ0v) is 11.1. The van der Waals surface area contributed by atoms with Crippen molar-refractivity contribution in [3.05, 3.63) is 38.3 Å². The van der Waals surface area contributed by atoms with Crippen LogP contribution in [0.4, 0.5) is 0 Å². The smallest absolute Gasteiger partial charge is 0.287 e. The highest BCUT2D eigenvalue weighted by atomic mass is 35.5. The Kier molecular flexibility index (Phi) is 3.98. The van der Waals surface area contributed by atoms with Crippen molar-refractivity contribution >= 4 is 23.2 Å². The zero-order valence-electron chi connectivity index (χ0n) is 9.56. The maximum atomic E-state index is 11.7. The van der Waals surface area contributed by atoms with Crippen molar-refractivity contribution in [3.8, 4) is 0 Å². The van der Waals surface area contributed by atoms with Crippen molar-refractivity contribution in [1.82, 2.24) is 19.9 Å². The molecule has 2 aromatic rings. The first-order valence-electron chi connectivity index (χ1n) is 5.34. The predicted molar refractivity (Wildman–Crippen MR) is 65.9 cm³/mol. The van der Waals surface area contributed by atoms with Crippen molar-refractivity contribution in [2.24, 2.45) is 0 Å². The Morgan fingerprint density at radius 2 is 2.22 bits per heavy atom. The number of aryl methyl sites for hydroxylation is 1. The maximum absolute atomic E-state index is 11.7. The molecule has 0 aliphatic rings. The van der Waals surface area contributed by atoms with Crippen LogP contribution in [-0.4, -0.2) is 19.9 Å². The lowest BCUT2D eigenvalue weighted by Crippen LogP contribution is -2.23. The number of halogens is 2. The maximum Gasteiger partial charge on any atom is 0.287 e. The second-order valence-electron chi connectivity index (χ2n) is 3.62. The summed E-state index contributed by atoms with van der Waals surface area (Å²) in [5, 5.41) is 7.68. The van der Waals surface area contributed by atoms with Crippen LogP contribution in [0.15, 0.2) is 15.5 Å². The molecule has 0 saturated carbocycles. The highest BCUT2D eigenvalue weighted by Gasteiger charge is 2.11. The Morgan fingerprint density at radius 1 is 1.44 bits per heavy atom. The monoisotopic (exact) mass is 288 g/mol. The van der Waals surface area contributed by atoms with Crippen LogP contribution in [0.3, 0.4) is 0 Å². The molecule has 2 aromatic heterocycles. The van der Waals surface area contributed by atoms with Crippen molar-refractivity contribution in [3.63, 3.8) is 0 Å². The van der Waals surface area contributed by atoms with Gasteiger partial charge in [0.15, 0.2) is 5.82 Å². The third kappa shape index (κ3) is 2.70. The highest BCUT2D eigenvalue weighted by molar-refractivity contribution is 6.41. The van der Waals surface area contributed by atoms with Crippen molar-refractivity contribution in [2.45, 2.75) is 26.3 Å². The lowest BCUT2D eigenvalue weighted by atomic mass is 10.3. The largest absolute Gasteiger partial charge is 0.337 e. The average Bonchev–Trinajstić information content (AvgIpc) is 2.78. The summed E-state index contributed by atoms with van der Waals surface area (Å²) >= 11 is 11.4. The molecule has 0 unspecified atom stereocenters. The summed E-state index contributed by atoms with van der Waals surface area (Å²) in [6.07, 6.45) is 2.95. The number of rotatable bonds is 4. The molecule has 2 heterocycles. The van der Waals surface area contributed by atoms with E-state index in [1.807, 2.05) is 6.92 Å². The van der Waals surface area contributed by atoms with Crippen LogP contribution >= 0.6 is 23.2 Å². The highest BCUT2D eigenvalue weighted by Crippen LogP contribution is 2.14. The Balaban J connectivity index is 2.23. The molecule has 0 fully saturated rings. The first kappa shape index (κ1) is 13.0. The van der Waals surface area contributed by atoms with Gasteiger partial charge in [-0.2, -0.15) is 10.1 Å². The van der Waals surface area contributed by atoms with Crippen LogP contribution in [0.5, 0.6) is 0 Å². The molecular formula is C10H10Cl2N4O2. The lowest BCUT2D eigenvalue weighted by Gasteiger charge is -2.01. The van der Waals surface area contributed by atoms with Crippen LogP contribution in [0.2, 0.25) is 10.0 Å².